The van der Waals surface area contributed by atoms with Gasteiger partial charge in [0.15, 0.2) is 0 Å². The second kappa shape index (κ2) is 8.07. The zero-order valence-corrected chi connectivity index (χ0v) is 14.3. The maximum absolute atomic E-state index is 12.6. The number of benzene rings is 1. The van der Waals surface area contributed by atoms with Crippen LogP contribution in [0.3, 0.4) is 0 Å². The van der Waals surface area contributed by atoms with E-state index in [0.29, 0.717) is 6.54 Å². The van der Waals surface area contributed by atoms with Crippen LogP contribution in [0.4, 0.5) is 0 Å². The van der Waals surface area contributed by atoms with Crippen LogP contribution >= 0.6 is 0 Å². The number of esters is 1. The summed E-state index contributed by atoms with van der Waals surface area (Å²) in [4.78, 5) is 28.8. The molecule has 3 rings (SSSR count). The van der Waals surface area contributed by atoms with Crippen molar-refractivity contribution in [2.45, 2.75) is 25.3 Å². The maximum Gasteiger partial charge on any atom is 0.307 e. The molecule has 0 spiro atoms. The third-order valence-corrected chi connectivity index (χ3v) is 4.60. The Hall–Kier alpha value is -2.47. The van der Waals surface area contributed by atoms with Crippen molar-refractivity contribution in [1.82, 2.24) is 15.6 Å². The molecule has 0 radical (unpaired) electrons. The first-order valence-electron chi connectivity index (χ1n) is 8.60. The number of carbonyl (C=O) groups is 2. The van der Waals surface area contributed by atoms with Crippen LogP contribution in [-0.2, 0) is 14.3 Å². The van der Waals surface area contributed by atoms with Crippen molar-refractivity contribution in [3.63, 3.8) is 0 Å². The van der Waals surface area contributed by atoms with E-state index in [2.05, 4.69) is 15.6 Å². The second-order valence-electron chi connectivity index (χ2n) is 6.35. The van der Waals surface area contributed by atoms with E-state index in [4.69, 9.17) is 4.74 Å². The van der Waals surface area contributed by atoms with Gasteiger partial charge in [0, 0.05) is 18.1 Å². The van der Waals surface area contributed by atoms with Crippen LogP contribution < -0.4 is 10.6 Å². The van der Waals surface area contributed by atoms with Crippen LogP contribution in [0.25, 0.3) is 10.9 Å². The number of piperidine rings is 1. The highest BCUT2D eigenvalue weighted by atomic mass is 16.5. The molecule has 0 bridgehead atoms. The standard InChI is InChI=1S/C19H23N3O3/c1-25-18(23)10-17(22-19(24)14-6-4-8-20-11-14)15-9-13-5-2-3-7-16(13)21-12-15/h2-3,5,7,9,12,14,17,20H,4,6,8,10-11H2,1H3,(H,22,24)/t14-,17+/m1/s1. The van der Waals surface area contributed by atoms with Gasteiger partial charge in [0.1, 0.15) is 0 Å². The number of para-hydroxylation sites is 1. The number of aromatic nitrogens is 1. The van der Waals surface area contributed by atoms with E-state index in [-0.39, 0.29) is 24.2 Å². The summed E-state index contributed by atoms with van der Waals surface area (Å²) in [7, 11) is 1.35. The summed E-state index contributed by atoms with van der Waals surface area (Å²) >= 11 is 0. The van der Waals surface area contributed by atoms with Crippen molar-refractivity contribution < 1.29 is 14.3 Å². The molecular formula is C19H23N3O3. The topological polar surface area (TPSA) is 80.3 Å². The van der Waals surface area contributed by atoms with Crippen molar-refractivity contribution in [3.05, 3.63) is 42.1 Å². The van der Waals surface area contributed by atoms with Crippen molar-refractivity contribution in [2.75, 3.05) is 20.2 Å². The Morgan fingerprint density at radius 2 is 2.24 bits per heavy atom. The van der Waals surface area contributed by atoms with E-state index in [1.807, 2.05) is 30.3 Å². The number of amides is 1. The summed E-state index contributed by atoms with van der Waals surface area (Å²) in [6.07, 6.45) is 3.65. The molecule has 1 aromatic heterocycles. The molecule has 2 atom stereocenters. The minimum atomic E-state index is -0.445. The summed E-state index contributed by atoms with van der Waals surface area (Å²) < 4.78 is 4.79. The SMILES string of the molecule is COC(=O)C[C@H](NC(=O)[C@@H]1CCCNC1)c1cnc2ccccc2c1. The zero-order valence-electron chi connectivity index (χ0n) is 14.3. The smallest absolute Gasteiger partial charge is 0.307 e. The van der Waals surface area contributed by atoms with Gasteiger partial charge in [0.05, 0.1) is 31.0 Å². The molecule has 0 aliphatic carbocycles. The number of hydrogen-bond acceptors (Lipinski definition) is 5. The first kappa shape index (κ1) is 17.4. The monoisotopic (exact) mass is 341 g/mol. The van der Waals surface area contributed by atoms with Gasteiger partial charge in [0.25, 0.3) is 0 Å². The molecule has 2 aromatic rings. The van der Waals surface area contributed by atoms with E-state index < -0.39 is 6.04 Å². The Labute approximate surface area is 147 Å². The lowest BCUT2D eigenvalue weighted by molar-refractivity contribution is -0.141. The van der Waals surface area contributed by atoms with Crippen LogP contribution in [0.5, 0.6) is 0 Å². The maximum atomic E-state index is 12.6. The van der Waals surface area contributed by atoms with E-state index in [9.17, 15) is 9.59 Å². The molecule has 0 unspecified atom stereocenters. The lowest BCUT2D eigenvalue weighted by Crippen LogP contribution is -2.42. The number of rotatable bonds is 5. The van der Waals surface area contributed by atoms with E-state index in [1.165, 1.54) is 7.11 Å². The highest BCUT2D eigenvalue weighted by Gasteiger charge is 2.25. The molecular weight excluding hydrogens is 318 g/mol. The minimum absolute atomic E-state index is 0.0331. The average molecular weight is 341 g/mol. The Morgan fingerprint density at radius 1 is 1.40 bits per heavy atom. The average Bonchev–Trinajstić information content (AvgIpc) is 2.67. The zero-order chi connectivity index (χ0) is 17.6. The lowest BCUT2D eigenvalue weighted by atomic mass is 9.97. The van der Waals surface area contributed by atoms with Gasteiger partial charge in [-0.15, -0.1) is 0 Å². The molecule has 1 aliphatic heterocycles. The van der Waals surface area contributed by atoms with Crippen molar-refractivity contribution in [1.29, 1.82) is 0 Å². The van der Waals surface area contributed by atoms with Crippen LogP contribution in [0.2, 0.25) is 0 Å². The number of nitrogens with zero attached hydrogens (tertiary/aromatic N) is 1. The fourth-order valence-corrected chi connectivity index (χ4v) is 3.15. The predicted octanol–water partition coefficient (Wildman–Crippen LogP) is 1.95. The Morgan fingerprint density at radius 3 is 3.00 bits per heavy atom. The molecule has 1 aliphatic rings. The van der Waals surface area contributed by atoms with Gasteiger partial charge >= 0.3 is 5.97 Å². The van der Waals surface area contributed by atoms with Gasteiger partial charge in [-0.1, -0.05) is 18.2 Å². The molecule has 6 nitrogen and oxygen atoms in total. The van der Waals surface area contributed by atoms with Crippen LogP contribution in [0, 0.1) is 5.92 Å². The molecule has 1 saturated heterocycles. The molecule has 2 N–H and O–H groups in total. The Bertz CT molecular complexity index is 756. The van der Waals surface area contributed by atoms with Crippen LogP contribution in [-0.4, -0.2) is 37.1 Å². The first-order chi connectivity index (χ1) is 12.2. The largest absolute Gasteiger partial charge is 0.469 e. The highest BCUT2D eigenvalue weighted by molar-refractivity contribution is 5.82. The number of methoxy groups -OCH3 is 1. The summed E-state index contributed by atoms with van der Waals surface area (Å²) in [6.45, 7) is 1.62. The summed E-state index contributed by atoms with van der Waals surface area (Å²) in [6, 6.07) is 9.29. The van der Waals surface area contributed by atoms with E-state index in [0.717, 1.165) is 35.9 Å². The summed E-state index contributed by atoms with van der Waals surface area (Å²) in [5.41, 5.74) is 1.69. The number of pyridine rings is 1. The quantitative estimate of drug-likeness (QED) is 0.813. The van der Waals surface area contributed by atoms with Crippen molar-refractivity contribution >= 4 is 22.8 Å². The van der Waals surface area contributed by atoms with E-state index >= 15 is 0 Å². The van der Waals surface area contributed by atoms with E-state index in [1.54, 1.807) is 6.20 Å². The van der Waals surface area contributed by atoms with Gasteiger partial charge in [-0.25, -0.2) is 0 Å². The molecule has 1 fully saturated rings. The number of nitrogens with one attached hydrogen (secondary N) is 2. The molecule has 132 valence electrons. The Balaban J connectivity index is 1.82. The van der Waals surface area contributed by atoms with Gasteiger partial charge in [-0.05, 0) is 37.1 Å². The molecule has 0 saturated carbocycles. The van der Waals surface area contributed by atoms with Gasteiger partial charge in [-0.2, -0.15) is 0 Å². The number of ether oxygens (including phenoxy) is 1. The van der Waals surface area contributed by atoms with Gasteiger partial charge in [0.2, 0.25) is 5.91 Å². The molecule has 1 amide bonds. The third kappa shape index (κ3) is 4.33. The van der Waals surface area contributed by atoms with Crippen molar-refractivity contribution in [2.24, 2.45) is 5.92 Å². The normalized spacial score (nSPS) is 18.5. The highest BCUT2D eigenvalue weighted by Crippen LogP contribution is 2.22. The molecule has 6 heteroatoms. The summed E-state index contributed by atoms with van der Waals surface area (Å²) in [5.74, 6) is -0.461. The number of fused-ring (bicyclic) bond motifs is 1. The van der Waals surface area contributed by atoms with Crippen LogP contribution in [0.1, 0.15) is 30.9 Å². The van der Waals surface area contributed by atoms with Crippen molar-refractivity contribution in [3.8, 4) is 0 Å². The van der Waals surface area contributed by atoms with Gasteiger partial charge < -0.3 is 15.4 Å². The molecule has 1 aromatic carbocycles. The number of carbonyl (C=O) groups excluding carboxylic acids is 2. The minimum Gasteiger partial charge on any atom is -0.469 e. The second-order valence-corrected chi connectivity index (χ2v) is 6.35. The fourth-order valence-electron chi connectivity index (χ4n) is 3.15. The van der Waals surface area contributed by atoms with Crippen LogP contribution in [0.15, 0.2) is 36.5 Å². The molecule has 25 heavy (non-hydrogen) atoms. The first-order valence-corrected chi connectivity index (χ1v) is 8.60. The number of hydrogen-bond donors (Lipinski definition) is 2. The third-order valence-electron chi connectivity index (χ3n) is 4.60. The van der Waals surface area contributed by atoms with Gasteiger partial charge in [-0.3, -0.25) is 14.6 Å². The lowest BCUT2D eigenvalue weighted by Gasteiger charge is -2.25. The predicted molar refractivity (Wildman–Crippen MR) is 94.9 cm³/mol. The summed E-state index contributed by atoms with van der Waals surface area (Å²) in [5, 5.41) is 7.23. The fraction of sp³-hybridized carbons (Fsp3) is 0.421. The molecule has 2 heterocycles. The Kier molecular flexibility index (Phi) is 5.60.